The van der Waals surface area contributed by atoms with Gasteiger partial charge in [-0.25, -0.2) is 0 Å². The Hall–Kier alpha value is -2.43. The average Bonchev–Trinajstić information content (AvgIpc) is 2.79. The van der Waals surface area contributed by atoms with Crippen molar-refractivity contribution in [1.29, 1.82) is 0 Å². The van der Waals surface area contributed by atoms with Crippen molar-refractivity contribution in [3.8, 4) is 11.1 Å². The molecule has 0 aliphatic rings. The van der Waals surface area contributed by atoms with E-state index < -0.39 is 5.97 Å². The number of esters is 1. The van der Waals surface area contributed by atoms with Crippen LogP contribution >= 0.6 is 0 Å². The molecule has 0 bridgehead atoms. The molecule has 0 atom stereocenters. The number of carbonyl (C=O) groups excluding carboxylic acids is 2. The maximum Gasteiger partial charge on any atom is 0.311 e. The first-order valence-electron chi connectivity index (χ1n) is 5.74. The first-order valence-corrected chi connectivity index (χ1v) is 5.74. The molecular weight excluding hydrogens is 246 g/mol. The summed E-state index contributed by atoms with van der Waals surface area (Å²) in [6, 6.07) is 7.09. The van der Waals surface area contributed by atoms with Crippen molar-refractivity contribution in [2.75, 3.05) is 7.11 Å². The van der Waals surface area contributed by atoms with Crippen LogP contribution in [0.2, 0.25) is 0 Å². The van der Waals surface area contributed by atoms with Crippen molar-refractivity contribution < 1.29 is 18.8 Å². The van der Waals surface area contributed by atoms with Crippen molar-refractivity contribution in [2.24, 2.45) is 0 Å². The standard InChI is InChI=1S/C14H13NO4/c1-9-14(11-6-4-3-5-10(11)8-16)12(15-19-9)7-13(17)18-2/h3-6,8H,7H2,1-2H3. The van der Waals surface area contributed by atoms with Gasteiger partial charge in [0.2, 0.25) is 0 Å². The Kier molecular flexibility index (Phi) is 3.75. The number of aldehydes is 1. The van der Waals surface area contributed by atoms with E-state index in [4.69, 9.17) is 4.52 Å². The van der Waals surface area contributed by atoms with Crippen LogP contribution in [-0.4, -0.2) is 24.5 Å². The third-order valence-electron chi connectivity index (χ3n) is 2.83. The monoisotopic (exact) mass is 259 g/mol. The molecule has 0 saturated heterocycles. The van der Waals surface area contributed by atoms with Crippen molar-refractivity contribution >= 4 is 12.3 Å². The lowest BCUT2D eigenvalue weighted by Gasteiger charge is -2.05. The highest BCUT2D eigenvalue weighted by molar-refractivity contribution is 5.89. The minimum absolute atomic E-state index is 0.0103. The third kappa shape index (κ3) is 2.54. The van der Waals surface area contributed by atoms with E-state index in [1.807, 2.05) is 6.07 Å². The number of carbonyl (C=O) groups is 2. The smallest absolute Gasteiger partial charge is 0.311 e. The molecule has 0 saturated carbocycles. The molecule has 0 unspecified atom stereocenters. The fourth-order valence-corrected chi connectivity index (χ4v) is 1.92. The fourth-order valence-electron chi connectivity index (χ4n) is 1.92. The van der Waals surface area contributed by atoms with Gasteiger partial charge in [0.15, 0.2) is 6.29 Å². The molecule has 2 rings (SSSR count). The van der Waals surface area contributed by atoms with Crippen LogP contribution in [0, 0.1) is 6.92 Å². The molecular formula is C14H13NO4. The van der Waals surface area contributed by atoms with Gasteiger partial charge in [0, 0.05) is 11.1 Å². The van der Waals surface area contributed by atoms with Gasteiger partial charge >= 0.3 is 5.97 Å². The molecule has 0 spiro atoms. The molecule has 5 nitrogen and oxygen atoms in total. The van der Waals surface area contributed by atoms with Crippen LogP contribution in [0.5, 0.6) is 0 Å². The molecule has 1 aromatic heterocycles. The number of rotatable bonds is 4. The predicted octanol–water partition coefficient (Wildman–Crippen LogP) is 2.18. The van der Waals surface area contributed by atoms with E-state index >= 15 is 0 Å². The predicted molar refractivity (Wildman–Crippen MR) is 67.8 cm³/mol. The Morgan fingerprint density at radius 1 is 1.42 bits per heavy atom. The largest absolute Gasteiger partial charge is 0.469 e. The number of hydrogen-bond acceptors (Lipinski definition) is 5. The second kappa shape index (κ2) is 5.48. The highest BCUT2D eigenvalue weighted by Crippen LogP contribution is 2.29. The Morgan fingerprint density at radius 3 is 2.84 bits per heavy atom. The maximum absolute atomic E-state index is 11.4. The molecule has 0 N–H and O–H groups in total. The van der Waals surface area contributed by atoms with Gasteiger partial charge in [-0.1, -0.05) is 29.4 Å². The minimum atomic E-state index is -0.405. The summed E-state index contributed by atoms with van der Waals surface area (Å²) in [5, 5.41) is 3.86. The zero-order valence-electron chi connectivity index (χ0n) is 10.7. The number of aryl methyl sites for hydroxylation is 1. The van der Waals surface area contributed by atoms with Crippen molar-refractivity contribution in [2.45, 2.75) is 13.3 Å². The molecule has 0 fully saturated rings. The lowest BCUT2D eigenvalue weighted by molar-refractivity contribution is -0.139. The SMILES string of the molecule is COC(=O)Cc1noc(C)c1-c1ccccc1C=O. The van der Waals surface area contributed by atoms with Crippen LogP contribution in [0.25, 0.3) is 11.1 Å². The van der Waals surface area contributed by atoms with Gasteiger partial charge < -0.3 is 9.26 Å². The Labute approximate surface area is 110 Å². The number of nitrogens with zero attached hydrogens (tertiary/aromatic N) is 1. The lowest BCUT2D eigenvalue weighted by Crippen LogP contribution is -2.06. The summed E-state index contributed by atoms with van der Waals surface area (Å²) < 4.78 is 9.74. The lowest BCUT2D eigenvalue weighted by atomic mass is 9.98. The first kappa shape index (κ1) is 13.0. The third-order valence-corrected chi connectivity index (χ3v) is 2.83. The van der Waals surface area contributed by atoms with Gasteiger partial charge in [-0.3, -0.25) is 9.59 Å². The van der Waals surface area contributed by atoms with E-state index in [-0.39, 0.29) is 6.42 Å². The number of benzene rings is 1. The topological polar surface area (TPSA) is 69.4 Å². The van der Waals surface area contributed by atoms with E-state index in [1.54, 1.807) is 25.1 Å². The van der Waals surface area contributed by atoms with Crippen LogP contribution in [0.3, 0.4) is 0 Å². The van der Waals surface area contributed by atoms with Gasteiger partial charge in [0.05, 0.1) is 13.5 Å². The summed E-state index contributed by atoms with van der Waals surface area (Å²) in [6.07, 6.45) is 0.778. The van der Waals surface area contributed by atoms with Crippen LogP contribution in [0.1, 0.15) is 21.8 Å². The summed E-state index contributed by atoms with van der Waals surface area (Å²) in [6.45, 7) is 1.74. The number of aromatic nitrogens is 1. The molecule has 2 aromatic rings. The average molecular weight is 259 g/mol. The molecule has 19 heavy (non-hydrogen) atoms. The number of ether oxygens (including phenoxy) is 1. The highest BCUT2D eigenvalue weighted by atomic mass is 16.5. The summed E-state index contributed by atoms with van der Waals surface area (Å²) >= 11 is 0. The highest BCUT2D eigenvalue weighted by Gasteiger charge is 2.19. The van der Waals surface area contributed by atoms with Crippen LogP contribution in [-0.2, 0) is 16.0 Å². The number of hydrogen-bond donors (Lipinski definition) is 0. The first-order chi connectivity index (χ1) is 9.17. The summed E-state index contributed by atoms with van der Waals surface area (Å²) in [7, 11) is 1.31. The number of methoxy groups -OCH3 is 1. The summed E-state index contributed by atoms with van der Waals surface area (Å²) in [5.41, 5.74) is 2.38. The van der Waals surface area contributed by atoms with Crippen molar-refractivity contribution in [3.63, 3.8) is 0 Å². The maximum atomic E-state index is 11.4. The Morgan fingerprint density at radius 2 is 2.16 bits per heavy atom. The fraction of sp³-hybridized carbons (Fsp3) is 0.214. The van der Waals surface area contributed by atoms with E-state index in [9.17, 15) is 9.59 Å². The van der Waals surface area contributed by atoms with Crippen LogP contribution < -0.4 is 0 Å². The molecule has 98 valence electrons. The van der Waals surface area contributed by atoms with E-state index in [2.05, 4.69) is 9.89 Å². The van der Waals surface area contributed by atoms with E-state index in [1.165, 1.54) is 7.11 Å². The zero-order valence-corrected chi connectivity index (χ0v) is 10.7. The Balaban J connectivity index is 2.52. The van der Waals surface area contributed by atoms with Gasteiger partial charge in [-0.2, -0.15) is 0 Å². The second-order valence-electron chi connectivity index (χ2n) is 4.02. The second-order valence-corrected chi connectivity index (χ2v) is 4.02. The minimum Gasteiger partial charge on any atom is -0.469 e. The molecule has 1 aromatic carbocycles. The van der Waals surface area contributed by atoms with Gasteiger partial charge in [0.1, 0.15) is 11.5 Å². The molecule has 5 heteroatoms. The van der Waals surface area contributed by atoms with Crippen LogP contribution in [0.15, 0.2) is 28.8 Å². The molecule has 0 aliphatic carbocycles. The summed E-state index contributed by atoms with van der Waals surface area (Å²) in [5.74, 6) is 0.159. The molecule has 0 amide bonds. The zero-order chi connectivity index (χ0) is 13.8. The molecule has 0 radical (unpaired) electrons. The van der Waals surface area contributed by atoms with Crippen molar-refractivity contribution in [3.05, 3.63) is 41.3 Å². The normalized spacial score (nSPS) is 10.2. The summed E-state index contributed by atoms with van der Waals surface area (Å²) in [4.78, 5) is 22.4. The van der Waals surface area contributed by atoms with Gasteiger partial charge in [-0.15, -0.1) is 0 Å². The van der Waals surface area contributed by atoms with E-state index in [0.29, 0.717) is 28.1 Å². The van der Waals surface area contributed by atoms with Gasteiger partial charge in [-0.05, 0) is 12.5 Å². The quantitative estimate of drug-likeness (QED) is 0.621. The van der Waals surface area contributed by atoms with Crippen LogP contribution in [0.4, 0.5) is 0 Å². The Bertz CT molecular complexity index is 616. The molecule has 1 heterocycles. The van der Waals surface area contributed by atoms with Gasteiger partial charge in [0.25, 0.3) is 0 Å². The molecule has 0 aliphatic heterocycles. The van der Waals surface area contributed by atoms with E-state index in [0.717, 1.165) is 6.29 Å². The van der Waals surface area contributed by atoms with Crippen molar-refractivity contribution in [1.82, 2.24) is 5.16 Å².